The zero-order chi connectivity index (χ0) is 13.9. The molecule has 1 aromatic rings. The lowest BCUT2D eigenvalue weighted by atomic mass is 9.79. The van der Waals surface area contributed by atoms with Crippen molar-refractivity contribution in [2.24, 2.45) is 0 Å². The van der Waals surface area contributed by atoms with Gasteiger partial charge in [0, 0.05) is 0 Å². The summed E-state index contributed by atoms with van der Waals surface area (Å²) in [5, 5.41) is 11.0. The van der Waals surface area contributed by atoms with Crippen LogP contribution >= 0.6 is 0 Å². The molecular weight excluding hydrogens is 234 g/mol. The monoisotopic (exact) mass is 261 g/mol. The van der Waals surface area contributed by atoms with Crippen molar-refractivity contribution in [1.82, 2.24) is 4.90 Å². The predicted molar refractivity (Wildman–Crippen MR) is 80.3 cm³/mol. The van der Waals surface area contributed by atoms with Crippen LogP contribution in [0.1, 0.15) is 55.8 Å². The van der Waals surface area contributed by atoms with Crippen molar-refractivity contribution >= 4 is 0 Å². The SMILES string of the molecule is Cc1ccccc1C(O)C1(N(C)C)CCCCCC1. The molecule has 0 aromatic heterocycles. The third-order valence-corrected chi connectivity index (χ3v) is 4.85. The van der Waals surface area contributed by atoms with Crippen LogP contribution in [0, 0.1) is 6.92 Å². The van der Waals surface area contributed by atoms with E-state index in [1.807, 2.05) is 12.1 Å². The minimum atomic E-state index is -0.387. The van der Waals surface area contributed by atoms with Crippen LogP contribution in [-0.4, -0.2) is 29.6 Å². The first-order chi connectivity index (χ1) is 9.08. The lowest BCUT2D eigenvalue weighted by Crippen LogP contribution is -2.49. The number of aliphatic hydroxyl groups is 1. The van der Waals surface area contributed by atoms with Crippen LogP contribution in [0.4, 0.5) is 0 Å². The van der Waals surface area contributed by atoms with Gasteiger partial charge in [-0.05, 0) is 45.0 Å². The number of hydrogen-bond acceptors (Lipinski definition) is 2. The van der Waals surface area contributed by atoms with Crippen LogP contribution in [0.15, 0.2) is 24.3 Å². The summed E-state index contributed by atoms with van der Waals surface area (Å²) in [5.41, 5.74) is 2.20. The Morgan fingerprint density at radius 3 is 2.16 bits per heavy atom. The van der Waals surface area contributed by atoms with E-state index in [1.165, 1.54) is 31.2 Å². The molecule has 1 aliphatic rings. The first kappa shape index (κ1) is 14.5. The summed E-state index contributed by atoms with van der Waals surface area (Å²) in [5.74, 6) is 0. The Morgan fingerprint density at radius 2 is 1.63 bits per heavy atom. The highest BCUT2D eigenvalue weighted by atomic mass is 16.3. The highest BCUT2D eigenvalue weighted by molar-refractivity contribution is 5.30. The largest absolute Gasteiger partial charge is 0.386 e. The second-order valence-electron chi connectivity index (χ2n) is 6.17. The summed E-state index contributed by atoms with van der Waals surface area (Å²) in [7, 11) is 4.24. The molecule has 2 nitrogen and oxygen atoms in total. The Hall–Kier alpha value is -0.860. The van der Waals surface area contributed by atoms with E-state index in [1.54, 1.807) is 0 Å². The molecule has 0 saturated heterocycles. The van der Waals surface area contributed by atoms with Crippen molar-refractivity contribution < 1.29 is 5.11 Å². The second-order valence-corrected chi connectivity index (χ2v) is 6.17. The molecule has 1 unspecified atom stereocenters. The average molecular weight is 261 g/mol. The van der Waals surface area contributed by atoms with E-state index >= 15 is 0 Å². The molecule has 0 heterocycles. The van der Waals surface area contributed by atoms with Gasteiger partial charge < -0.3 is 10.0 Å². The Labute approximate surface area is 117 Å². The number of aryl methyl sites for hydroxylation is 1. The fraction of sp³-hybridized carbons (Fsp3) is 0.647. The van der Waals surface area contributed by atoms with Gasteiger partial charge in [0.1, 0.15) is 0 Å². The van der Waals surface area contributed by atoms with E-state index in [9.17, 15) is 5.11 Å². The maximum Gasteiger partial charge on any atom is 0.0975 e. The highest BCUT2D eigenvalue weighted by Gasteiger charge is 2.41. The fourth-order valence-corrected chi connectivity index (χ4v) is 3.49. The van der Waals surface area contributed by atoms with Crippen LogP contribution < -0.4 is 0 Å². The van der Waals surface area contributed by atoms with Crippen molar-refractivity contribution in [2.45, 2.75) is 57.1 Å². The zero-order valence-electron chi connectivity index (χ0n) is 12.5. The van der Waals surface area contributed by atoms with Gasteiger partial charge in [-0.1, -0.05) is 49.9 Å². The predicted octanol–water partition coefficient (Wildman–Crippen LogP) is 3.68. The number of nitrogens with zero attached hydrogens (tertiary/aromatic N) is 1. The van der Waals surface area contributed by atoms with E-state index in [4.69, 9.17) is 0 Å². The van der Waals surface area contributed by atoms with Gasteiger partial charge in [0.2, 0.25) is 0 Å². The van der Waals surface area contributed by atoms with E-state index in [0.717, 1.165) is 18.4 Å². The molecule has 1 saturated carbocycles. The number of benzene rings is 1. The van der Waals surface area contributed by atoms with Crippen LogP contribution in [0.5, 0.6) is 0 Å². The van der Waals surface area contributed by atoms with Gasteiger partial charge in [0.05, 0.1) is 11.6 Å². The highest BCUT2D eigenvalue weighted by Crippen LogP contribution is 2.41. The second kappa shape index (κ2) is 6.06. The number of rotatable bonds is 3. The summed E-state index contributed by atoms with van der Waals surface area (Å²) >= 11 is 0. The van der Waals surface area contributed by atoms with E-state index in [2.05, 4.69) is 38.1 Å². The Kier molecular flexibility index (Phi) is 4.64. The molecule has 0 radical (unpaired) electrons. The first-order valence-electron chi connectivity index (χ1n) is 7.49. The molecule has 0 aliphatic heterocycles. The molecule has 19 heavy (non-hydrogen) atoms. The van der Waals surface area contributed by atoms with E-state index < -0.39 is 0 Å². The Bertz CT molecular complexity index is 405. The number of aliphatic hydroxyl groups excluding tert-OH is 1. The molecule has 1 aliphatic carbocycles. The summed E-state index contributed by atoms with van der Waals surface area (Å²) in [4.78, 5) is 2.26. The Balaban J connectivity index is 2.35. The standard InChI is InChI=1S/C17H27NO/c1-14-10-6-7-11-15(14)16(19)17(18(2)3)12-8-4-5-9-13-17/h6-7,10-11,16,19H,4-5,8-9,12-13H2,1-3H3. The fourth-order valence-electron chi connectivity index (χ4n) is 3.49. The van der Waals surface area contributed by atoms with Crippen LogP contribution in [-0.2, 0) is 0 Å². The van der Waals surface area contributed by atoms with Crippen molar-refractivity contribution in [1.29, 1.82) is 0 Å². The summed E-state index contributed by atoms with van der Waals surface area (Å²) in [6.07, 6.45) is 6.85. The van der Waals surface area contributed by atoms with Crippen molar-refractivity contribution in [3.8, 4) is 0 Å². The third-order valence-electron chi connectivity index (χ3n) is 4.85. The minimum Gasteiger partial charge on any atom is -0.386 e. The molecule has 0 bridgehead atoms. The lowest BCUT2D eigenvalue weighted by Gasteiger charge is -2.44. The zero-order valence-corrected chi connectivity index (χ0v) is 12.5. The maximum atomic E-state index is 11.0. The quantitative estimate of drug-likeness (QED) is 0.839. The smallest absolute Gasteiger partial charge is 0.0975 e. The van der Waals surface area contributed by atoms with Gasteiger partial charge in [-0.2, -0.15) is 0 Å². The van der Waals surface area contributed by atoms with Gasteiger partial charge >= 0.3 is 0 Å². The van der Waals surface area contributed by atoms with Gasteiger partial charge in [-0.25, -0.2) is 0 Å². The van der Waals surface area contributed by atoms with Crippen LogP contribution in [0.3, 0.4) is 0 Å². The number of hydrogen-bond donors (Lipinski definition) is 1. The van der Waals surface area contributed by atoms with Crippen LogP contribution in [0.2, 0.25) is 0 Å². The molecule has 0 amide bonds. The molecule has 2 rings (SSSR count). The summed E-state index contributed by atoms with van der Waals surface area (Å²) < 4.78 is 0. The molecule has 1 fully saturated rings. The van der Waals surface area contributed by atoms with Gasteiger partial charge in [0.25, 0.3) is 0 Å². The van der Waals surface area contributed by atoms with Gasteiger partial charge in [-0.15, -0.1) is 0 Å². The van der Waals surface area contributed by atoms with Crippen molar-refractivity contribution in [3.63, 3.8) is 0 Å². The summed E-state index contributed by atoms with van der Waals surface area (Å²) in [6, 6.07) is 8.25. The minimum absolute atomic E-state index is 0.0946. The average Bonchev–Trinajstić information content (AvgIpc) is 2.65. The van der Waals surface area contributed by atoms with Gasteiger partial charge in [0.15, 0.2) is 0 Å². The lowest BCUT2D eigenvalue weighted by molar-refractivity contribution is -0.0202. The molecule has 106 valence electrons. The molecule has 0 spiro atoms. The van der Waals surface area contributed by atoms with Gasteiger partial charge in [-0.3, -0.25) is 0 Å². The van der Waals surface area contributed by atoms with Crippen molar-refractivity contribution in [3.05, 3.63) is 35.4 Å². The maximum absolute atomic E-state index is 11.0. The van der Waals surface area contributed by atoms with Crippen molar-refractivity contribution in [2.75, 3.05) is 14.1 Å². The van der Waals surface area contributed by atoms with Crippen LogP contribution in [0.25, 0.3) is 0 Å². The number of likely N-dealkylation sites (N-methyl/N-ethyl adjacent to an activating group) is 1. The molecule has 1 N–H and O–H groups in total. The topological polar surface area (TPSA) is 23.5 Å². The molecule has 1 atom stereocenters. The van der Waals surface area contributed by atoms with E-state index in [0.29, 0.717) is 0 Å². The summed E-state index contributed by atoms with van der Waals surface area (Å²) in [6.45, 7) is 2.10. The van der Waals surface area contributed by atoms with E-state index in [-0.39, 0.29) is 11.6 Å². The molecule has 2 heteroatoms. The normalized spacial score (nSPS) is 21.1. The first-order valence-corrected chi connectivity index (χ1v) is 7.49. The molecular formula is C17H27NO. The Morgan fingerprint density at radius 1 is 1.05 bits per heavy atom. The molecule has 1 aromatic carbocycles. The third kappa shape index (κ3) is 2.85.